The fraction of sp³-hybridized carbons (Fsp3) is 0.909. The Bertz CT molecular complexity index is 181. The molecule has 0 heterocycles. The SMILES string of the molecule is CC(C)CC(CO)NC(=O)COC(C)C. The summed E-state index contributed by atoms with van der Waals surface area (Å²) in [5.74, 6) is 0.289. The maximum absolute atomic E-state index is 11.4. The number of aliphatic hydroxyl groups is 1. The number of rotatable bonds is 7. The molecule has 0 saturated carbocycles. The molecule has 0 bridgehead atoms. The average Bonchev–Trinajstić information content (AvgIpc) is 2.13. The number of ether oxygens (including phenoxy) is 1. The molecule has 0 aromatic carbocycles. The molecule has 2 N–H and O–H groups in total. The van der Waals surface area contributed by atoms with Gasteiger partial charge in [-0.15, -0.1) is 0 Å². The monoisotopic (exact) mass is 217 g/mol. The zero-order valence-corrected chi connectivity index (χ0v) is 10.1. The number of amides is 1. The van der Waals surface area contributed by atoms with Crippen LogP contribution in [-0.2, 0) is 9.53 Å². The minimum atomic E-state index is -0.164. The van der Waals surface area contributed by atoms with Crippen LogP contribution in [0.4, 0.5) is 0 Å². The van der Waals surface area contributed by atoms with Crippen molar-refractivity contribution in [1.82, 2.24) is 5.32 Å². The molecule has 0 aromatic heterocycles. The van der Waals surface area contributed by atoms with Crippen LogP contribution in [0.3, 0.4) is 0 Å². The Morgan fingerprint density at radius 2 is 1.93 bits per heavy atom. The van der Waals surface area contributed by atoms with Gasteiger partial charge in [0.05, 0.1) is 18.8 Å². The normalized spacial score (nSPS) is 13.3. The molecule has 1 amide bonds. The third-order valence-corrected chi connectivity index (χ3v) is 1.89. The highest BCUT2D eigenvalue weighted by atomic mass is 16.5. The summed E-state index contributed by atoms with van der Waals surface area (Å²) in [6.45, 7) is 7.91. The maximum atomic E-state index is 11.4. The first kappa shape index (κ1) is 14.4. The number of carbonyl (C=O) groups excluding carboxylic acids is 1. The summed E-state index contributed by atoms with van der Waals surface area (Å²) in [6.07, 6.45) is 0.831. The van der Waals surface area contributed by atoms with Gasteiger partial charge in [0.2, 0.25) is 5.91 Å². The van der Waals surface area contributed by atoms with Crippen LogP contribution in [0.5, 0.6) is 0 Å². The molecular formula is C11H23NO3. The molecule has 0 aliphatic carbocycles. The van der Waals surface area contributed by atoms with Crippen molar-refractivity contribution in [2.24, 2.45) is 5.92 Å². The number of nitrogens with one attached hydrogen (secondary N) is 1. The number of hydrogen-bond acceptors (Lipinski definition) is 3. The molecule has 90 valence electrons. The van der Waals surface area contributed by atoms with E-state index in [1.165, 1.54) is 0 Å². The van der Waals surface area contributed by atoms with E-state index in [2.05, 4.69) is 19.2 Å². The van der Waals surface area contributed by atoms with Crippen molar-refractivity contribution in [2.45, 2.75) is 46.3 Å². The average molecular weight is 217 g/mol. The molecule has 0 fully saturated rings. The second-order valence-electron chi connectivity index (χ2n) is 4.44. The quantitative estimate of drug-likeness (QED) is 0.667. The summed E-state index contributed by atoms with van der Waals surface area (Å²) >= 11 is 0. The Labute approximate surface area is 92.0 Å². The number of hydrogen-bond donors (Lipinski definition) is 2. The lowest BCUT2D eigenvalue weighted by atomic mass is 10.0. The largest absolute Gasteiger partial charge is 0.394 e. The molecule has 0 aliphatic rings. The molecule has 0 saturated heterocycles. The van der Waals surface area contributed by atoms with Gasteiger partial charge in [-0.25, -0.2) is 0 Å². The summed E-state index contributed by atoms with van der Waals surface area (Å²) in [7, 11) is 0. The minimum Gasteiger partial charge on any atom is -0.394 e. The summed E-state index contributed by atoms with van der Waals surface area (Å²) in [5, 5.41) is 11.8. The van der Waals surface area contributed by atoms with Crippen LogP contribution in [0.25, 0.3) is 0 Å². The van der Waals surface area contributed by atoms with E-state index in [1.807, 2.05) is 13.8 Å². The van der Waals surface area contributed by atoms with Gasteiger partial charge in [-0.1, -0.05) is 13.8 Å². The molecular weight excluding hydrogens is 194 g/mol. The minimum absolute atomic E-state index is 0.0222. The van der Waals surface area contributed by atoms with Crippen molar-refractivity contribution in [2.75, 3.05) is 13.2 Å². The van der Waals surface area contributed by atoms with Crippen molar-refractivity contribution in [1.29, 1.82) is 0 Å². The third-order valence-electron chi connectivity index (χ3n) is 1.89. The lowest BCUT2D eigenvalue weighted by molar-refractivity contribution is -0.128. The van der Waals surface area contributed by atoms with Gasteiger partial charge in [0.15, 0.2) is 0 Å². The van der Waals surface area contributed by atoms with Crippen LogP contribution in [-0.4, -0.2) is 36.4 Å². The van der Waals surface area contributed by atoms with E-state index in [0.717, 1.165) is 6.42 Å². The van der Waals surface area contributed by atoms with Gasteiger partial charge >= 0.3 is 0 Å². The van der Waals surface area contributed by atoms with E-state index in [9.17, 15) is 4.79 Å². The first-order chi connectivity index (χ1) is 6.95. The molecule has 1 atom stereocenters. The van der Waals surface area contributed by atoms with Crippen LogP contribution in [0, 0.1) is 5.92 Å². The molecule has 0 aromatic rings. The van der Waals surface area contributed by atoms with Gasteiger partial charge in [-0.2, -0.15) is 0 Å². The molecule has 4 heteroatoms. The highest BCUT2D eigenvalue weighted by molar-refractivity contribution is 5.77. The fourth-order valence-electron chi connectivity index (χ4n) is 1.26. The van der Waals surface area contributed by atoms with E-state index in [0.29, 0.717) is 5.92 Å². The Kier molecular flexibility index (Phi) is 7.34. The van der Waals surface area contributed by atoms with Crippen LogP contribution >= 0.6 is 0 Å². The predicted octanol–water partition coefficient (Wildman–Crippen LogP) is 0.935. The molecule has 15 heavy (non-hydrogen) atoms. The van der Waals surface area contributed by atoms with Gasteiger partial charge in [-0.05, 0) is 26.2 Å². The third kappa shape index (κ3) is 8.39. The van der Waals surface area contributed by atoms with Gasteiger partial charge in [0, 0.05) is 0 Å². The summed E-state index contributed by atoms with van der Waals surface area (Å²) in [6, 6.07) is -0.159. The highest BCUT2D eigenvalue weighted by Crippen LogP contribution is 2.03. The zero-order chi connectivity index (χ0) is 11.8. The Hall–Kier alpha value is -0.610. The lowest BCUT2D eigenvalue weighted by Gasteiger charge is -2.18. The number of carbonyl (C=O) groups is 1. The van der Waals surface area contributed by atoms with Crippen LogP contribution in [0.2, 0.25) is 0 Å². The van der Waals surface area contributed by atoms with Gasteiger partial charge < -0.3 is 15.2 Å². The van der Waals surface area contributed by atoms with Crippen LogP contribution < -0.4 is 5.32 Å². The summed E-state index contributed by atoms with van der Waals surface area (Å²) in [4.78, 5) is 11.4. The van der Waals surface area contributed by atoms with Crippen molar-refractivity contribution >= 4 is 5.91 Å². The lowest BCUT2D eigenvalue weighted by Crippen LogP contribution is -2.40. The Balaban J connectivity index is 3.80. The standard InChI is InChI=1S/C11H23NO3/c1-8(2)5-10(6-13)12-11(14)7-15-9(3)4/h8-10,13H,5-7H2,1-4H3,(H,12,14). The first-order valence-electron chi connectivity index (χ1n) is 5.47. The molecule has 4 nitrogen and oxygen atoms in total. The predicted molar refractivity (Wildman–Crippen MR) is 59.6 cm³/mol. The zero-order valence-electron chi connectivity index (χ0n) is 10.1. The Morgan fingerprint density at radius 1 is 1.33 bits per heavy atom. The van der Waals surface area contributed by atoms with Crippen LogP contribution in [0.1, 0.15) is 34.1 Å². The topological polar surface area (TPSA) is 58.6 Å². The molecule has 0 rings (SSSR count). The highest BCUT2D eigenvalue weighted by Gasteiger charge is 2.13. The van der Waals surface area contributed by atoms with E-state index < -0.39 is 0 Å². The molecule has 0 spiro atoms. The maximum Gasteiger partial charge on any atom is 0.246 e. The van der Waals surface area contributed by atoms with Crippen LogP contribution in [0.15, 0.2) is 0 Å². The summed E-state index contributed by atoms with van der Waals surface area (Å²) in [5.41, 5.74) is 0. The van der Waals surface area contributed by atoms with E-state index in [1.54, 1.807) is 0 Å². The van der Waals surface area contributed by atoms with Gasteiger partial charge in [0.25, 0.3) is 0 Å². The smallest absolute Gasteiger partial charge is 0.246 e. The van der Waals surface area contributed by atoms with Crippen molar-refractivity contribution < 1.29 is 14.6 Å². The fourth-order valence-corrected chi connectivity index (χ4v) is 1.26. The second-order valence-corrected chi connectivity index (χ2v) is 4.44. The summed E-state index contributed by atoms with van der Waals surface area (Å²) < 4.78 is 5.16. The molecule has 1 unspecified atom stereocenters. The second kappa shape index (κ2) is 7.65. The first-order valence-corrected chi connectivity index (χ1v) is 5.47. The molecule has 0 radical (unpaired) electrons. The Morgan fingerprint density at radius 3 is 2.33 bits per heavy atom. The van der Waals surface area contributed by atoms with E-state index in [4.69, 9.17) is 9.84 Å². The van der Waals surface area contributed by atoms with E-state index >= 15 is 0 Å². The van der Waals surface area contributed by atoms with E-state index in [-0.39, 0.29) is 31.3 Å². The van der Waals surface area contributed by atoms with Crippen molar-refractivity contribution in [3.8, 4) is 0 Å². The van der Waals surface area contributed by atoms with Gasteiger partial charge in [0.1, 0.15) is 6.61 Å². The molecule has 0 aliphatic heterocycles. The van der Waals surface area contributed by atoms with Gasteiger partial charge in [-0.3, -0.25) is 4.79 Å². The van der Waals surface area contributed by atoms with Crippen molar-refractivity contribution in [3.63, 3.8) is 0 Å². The number of aliphatic hydroxyl groups excluding tert-OH is 1. The van der Waals surface area contributed by atoms with Crippen molar-refractivity contribution in [3.05, 3.63) is 0 Å².